The molecule has 2 aromatic carbocycles. The molecule has 0 amide bonds. The van der Waals surface area contributed by atoms with Crippen LogP contribution in [0, 0.1) is 0 Å². The zero-order valence-electron chi connectivity index (χ0n) is 32.8. The summed E-state index contributed by atoms with van der Waals surface area (Å²) in [6.45, 7) is 7.09. The van der Waals surface area contributed by atoms with E-state index >= 15 is 0 Å². The normalized spacial score (nSPS) is 11.1. The van der Waals surface area contributed by atoms with Crippen molar-refractivity contribution in [1.29, 1.82) is 0 Å². The Hall–Kier alpha value is -1.01. The van der Waals surface area contributed by atoms with Crippen LogP contribution in [0.5, 0.6) is 11.5 Å². The maximum atomic E-state index is 10.4. The van der Waals surface area contributed by atoms with Crippen LogP contribution in [0.4, 0.5) is 0 Å². The minimum absolute atomic E-state index is 0. The third kappa shape index (κ3) is 31.7. The number of rotatable bonds is 31. The Morgan fingerprint density at radius 1 is 0.520 bits per heavy atom. The van der Waals surface area contributed by atoms with Gasteiger partial charge in [0.1, 0.15) is 11.5 Å². The maximum absolute atomic E-state index is 10.4. The van der Waals surface area contributed by atoms with Crippen LogP contribution in [0.2, 0.25) is 0 Å². The van der Waals surface area contributed by atoms with E-state index in [1.54, 1.807) is 0 Å². The molecule has 0 aliphatic heterocycles. The molecule has 0 saturated heterocycles. The van der Waals surface area contributed by atoms with E-state index in [4.69, 9.17) is 28.6 Å². The Balaban J connectivity index is 0. The summed E-state index contributed by atoms with van der Waals surface area (Å²) >= 11 is 0. The van der Waals surface area contributed by atoms with Gasteiger partial charge >= 0.3 is 29.6 Å². The minimum Gasteiger partial charge on any atom is -1.00 e. The van der Waals surface area contributed by atoms with Gasteiger partial charge in [-0.15, -0.1) is 0 Å². The minimum atomic E-state index is -3.85. The number of ether oxygens (including phenoxy) is 4. The van der Waals surface area contributed by atoms with Gasteiger partial charge in [0.2, 0.25) is 0 Å². The molecule has 2 N–H and O–H groups in total. The maximum Gasteiger partial charge on any atom is 1.00 e. The first kappa shape index (κ1) is 49.0. The Morgan fingerprint density at radius 2 is 0.900 bits per heavy atom. The number of hydrogen-bond donors (Lipinski definition) is 2. The second kappa shape index (κ2) is 35.0. The van der Waals surface area contributed by atoms with Crippen LogP contribution in [-0.4, -0.2) is 70.1 Å². The van der Waals surface area contributed by atoms with Crippen LogP contribution in [0.3, 0.4) is 0 Å². The molecule has 0 aliphatic carbocycles. The Bertz CT molecular complexity index is 1040. The van der Waals surface area contributed by atoms with Crippen LogP contribution in [-0.2, 0) is 37.2 Å². The van der Waals surface area contributed by atoms with Gasteiger partial charge in [-0.25, -0.2) is 0 Å². The number of hydrogen-bond acceptors (Lipinski definition) is 7. The topological polar surface area (TPSA) is 112 Å². The molecule has 0 saturated carbocycles. The van der Waals surface area contributed by atoms with E-state index in [0.29, 0.717) is 52.5 Å². The van der Waals surface area contributed by atoms with Gasteiger partial charge in [-0.1, -0.05) is 115 Å². The van der Waals surface area contributed by atoms with Crippen molar-refractivity contribution in [2.24, 2.45) is 0 Å². The molecule has 0 spiro atoms. The van der Waals surface area contributed by atoms with Crippen LogP contribution in [0.1, 0.15) is 129 Å². The van der Waals surface area contributed by atoms with Crippen molar-refractivity contribution in [3.8, 4) is 11.5 Å². The molecule has 2 aromatic rings. The van der Waals surface area contributed by atoms with E-state index in [1.807, 2.05) is 0 Å². The molecule has 0 atom stereocenters. The van der Waals surface area contributed by atoms with E-state index in [2.05, 4.69) is 62.4 Å². The fourth-order valence-corrected chi connectivity index (χ4v) is 5.82. The molecule has 0 fully saturated rings. The summed E-state index contributed by atoms with van der Waals surface area (Å²) in [5.41, 5.74) is 2.84. The summed E-state index contributed by atoms with van der Waals surface area (Å²) < 4.78 is 50.6. The molecule has 0 unspecified atom stereocenters. The Kier molecular flexibility index (Phi) is 34.3. The molecule has 50 heavy (non-hydrogen) atoms. The largest absolute Gasteiger partial charge is 1.00 e. The van der Waals surface area contributed by atoms with E-state index in [-0.39, 0.29) is 43.3 Å². The summed E-state index contributed by atoms with van der Waals surface area (Å²) in [6.07, 6.45) is 22.5. The molecular weight excluding hydrogens is 663 g/mol. The molecule has 10 heteroatoms. The SMILES string of the molecule is CCCCCCCCCc1ccc(Oc2ccc(CCCCCCCCC)cc2)cc1.O=S(=O)(O)CCCCOCCOCCOCCO.[H-].[Na+]. The van der Waals surface area contributed by atoms with Gasteiger partial charge in [0.15, 0.2) is 0 Å². The van der Waals surface area contributed by atoms with Gasteiger partial charge in [0.25, 0.3) is 10.1 Å². The standard InChI is InChI=1S/C30H46O.C10H22O7S.Na.H/c1-3-5-7-9-11-13-15-17-27-19-23-29(24-20-27)31-30-25-21-28(22-26-30)18-16-14-12-10-8-6-4-2;11-3-5-16-7-9-17-8-6-15-4-1-2-10-18(12,13)14;;/h19-26H,3-18H2,1-2H3;11H,1-10H2,(H,12,13,14);;/q;;+1;-1. The Morgan fingerprint density at radius 3 is 1.30 bits per heavy atom. The first-order chi connectivity index (χ1) is 23.9. The van der Waals surface area contributed by atoms with Crippen LogP contribution in [0.25, 0.3) is 0 Å². The van der Waals surface area contributed by atoms with Crippen molar-refractivity contribution in [1.82, 2.24) is 0 Å². The molecule has 0 heterocycles. The smallest absolute Gasteiger partial charge is 1.00 e. The van der Waals surface area contributed by atoms with Gasteiger partial charge in [-0.2, -0.15) is 8.42 Å². The zero-order chi connectivity index (χ0) is 35.7. The first-order valence-corrected chi connectivity index (χ1v) is 20.6. The van der Waals surface area contributed by atoms with Gasteiger partial charge in [-0.05, 0) is 73.9 Å². The number of aliphatic hydroxyl groups excluding tert-OH is 1. The van der Waals surface area contributed by atoms with Crippen LogP contribution in [0.15, 0.2) is 48.5 Å². The molecule has 8 nitrogen and oxygen atoms in total. The first-order valence-electron chi connectivity index (χ1n) is 19.0. The second-order valence-corrected chi connectivity index (χ2v) is 14.3. The van der Waals surface area contributed by atoms with E-state index < -0.39 is 10.1 Å². The van der Waals surface area contributed by atoms with Crippen LogP contribution >= 0.6 is 0 Å². The van der Waals surface area contributed by atoms with Gasteiger partial charge < -0.3 is 25.5 Å². The zero-order valence-corrected chi connectivity index (χ0v) is 34.6. The third-order valence-electron chi connectivity index (χ3n) is 8.14. The molecule has 0 aliphatic rings. The van der Waals surface area contributed by atoms with E-state index in [0.717, 1.165) is 11.5 Å². The van der Waals surface area contributed by atoms with E-state index in [1.165, 1.54) is 114 Å². The number of aliphatic hydroxyl groups is 1. The summed E-state index contributed by atoms with van der Waals surface area (Å²) in [5, 5.41) is 8.42. The summed E-state index contributed by atoms with van der Waals surface area (Å²) in [4.78, 5) is 0. The quantitative estimate of drug-likeness (QED) is 0.0491. The van der Waals surface area contributed by atoms with Crippen molar-refractivity contribution in [2.75, 3.05) is 52.0 Å². The molecule has 0 bridgehead atoms. The summed E-state index contributed by atoms with van der Waals surface area (Å²) in [7, 11) is -3.85. The summed E-state index contributed by atoms with van der Waals surface area (Å²) in [6, 6.07) is 17.4. The van der Waals surface area contributed by atoms with Crippen molar-refractivity contribution in [3.05, 3.63) is 59.7 Å². The molecule has 284 valence electrons. The van der Waals surface area contributed by atoms with Crippen molar-refractivity contribution in [2.45, 2.75) is 129 Å². The third-order valence-corrected chi connectivity index (χ3v) is 8.95. The summed E-state index contributed by atoms with van der Waals surface area (Å²) in [5.74, 6) is 1.64. The predicted molar refractivity (Wildman–Crippen MR) is 203 cm³/mol. The molecular formula is C40H69NaO8S. The van der Waals surface area contributed by atoms with Crippen molar-refractivity contribution < 1.29 is 68.0 Å². The van der Waals surface area contributed by atoms with Crippen molar-refractivity contribution >= 4 is 10.1 Å². The average molecular weight is 733 g/mol. The molecule has 0 aromatic heterocycles. The van der Waals surface area contributed by atoms with Gasteiger partial charge in [0.05, 0.1) is 45.4 Å². The van der Waals surface area contributed by atoms with Crippen LogP contribution < -0.4 is 34.3 Å². The Labute approximate surface area is 328 Å². The van der Waals surface area contributed by atoms with Gasteiger partial charge in [-0.3, -0.25) is 4.55 Å². The fraction of sp³-hybridized carbons (Fsp3) is 0.700. The van der Waals surface area contributed by atoms with Gasteiger partial charge in [0, 0.05) is 6.61 Å². The van der Waals surface area contributed by atoms with Crippen molar-refractivity contribution in [3.63, 3.8) is 0 Å². The fourth-order valence-electron chi connectivity index (χ4n) is 5.25. The second-order valence-electron chi connectivity index (χ2n) is 12.7. The molecule has 0 radical (unpaired) electrons. The monoisotopic (exact) mass is 732 g/mol. The number of benzene rings is 2. The number of unbranched alkanes of at least 4 members (excludes halogenated alkanes) is 13. The predicted octanol–water partition coefficient (Wildman–Crippen LogP) is 6.88. The average Bonchev–Trinajstić information content (AvgIpc) is 3.09. The van der Waals surface area contributed by atoms with E-state index in [9.17, 15) is 8.42 Å². The number of aryl methyl sites for hydroxylation is 2. The molecule has 2 rings (SSSR count).